The summed E-state index contributed by atoms with van der Waals surface area (Å²) >= 11 is 0. The zero-order valence-corrected chi connectivity index (χ0v) is 12.9. The van der Waals surface area contributed by atoms with E-state index in [0.717, 1.165) is 19.3 Å². The van der Waals surface area contributed by atoms with Crippen molar-refractivity contribution in [2.75, 3.05) is 18.9 Å². The Kier molecular flexibility index (Phi) is 4.48. The van der Waals surface area contributed by atoms with Crippen LogP contribution >= 0.6 is 0 Å². The number of hydrogen-bond donors (Lipinski definition) is 1. The molecule has 116 valence electrons. The molecular weight excluding hydrogens is 294 g/mol. The predicted molar refractivity (Wildman–Crippen MR) is 79.8 cm³/mol. The van der Waals surface area contributed by atoms with E-state index in [-0.39, 0.29) is 22.3 Å². The molecule has 0 heterocycles. The van der Waals surface area contributed by atoms with E-state index < -0.39 is 14.9 Å². The van der Waals surface area contributed by atoms with Crippen LogP contribution in [0.3, 0.4) is 0 Å². The molecule has 2 rings (SSSR count). The van der Waals surface area contributed by atoms with Gasteiger partial charge in [0, 0.05) is 25.7 Å². The molecule has 0 atom stereocenters. The zero-order valence-electron chi connectivity index (χ0n) is 12.1. The van der Waals surface area contributed by atoms with Crippen molar-refractivity contribution in [3.63, 3.8) is 0 Å². The van der Waals surface area contributed by atoms with E-state index in [4.69, 9.17) is 0 Å². The van der Waals surface area contributed by atoms with Crippen LogP contribution in [-0.4, -0.2) is 37.3 Å². The Labute approximate surface area is 124 Å². The number of sulfonamides is 1. The second-order valence-electron chi connectivity index (χ2n) is 5.07. The summed E-state index contributed by atoms with van der Waals surface area (Å²) in [4.78, 5) is 10.5. The molecule has 0 bridgehead atoms. The van der Waals surface area contributed by atoms with Gasteiger partial charge in [0.1, 0.15) is 5.69 Å². The maximum Gasteiger partial charge on any atom is 0.292 e. The highest BCUT2D eigenvalue weighted by atomic mass is 32.2. The molecule has 7 nitrogen and oxygen atoms in total. The summed E-state index contributed by atoms with van der Waals surface area (Å²) in [5, 5.41) is 13.8. The number of nitro groups is 1. The van der Waals surface area contributed by atoms with E-state index in [1.54, 1.807) is 14.0 Å². The average molecular weight is 313 g/mol. The smallest absolute Gasteiger partial charge is 0.292 e. The first-order valence-electron chi connectivity index (χ1n) is 6.88. The van der Waals surface area contributed by atoms with Gasteiger partial charge in [0.15, 0.2) is 0 Å². The van der Waals surface area contributed by atoms with Crippen molar-refractivity contribution in [1.82, 2.24) is 4.31 Å². The summed E-state index contributed by atoms with van der Waals surface area (Å²) in [7, 11) is -2.05. The largest absolute Gasteiger partial charge is 0.380 e. The number of nitrogens with zero attached hydrogens (tertiary/aromatic N) is 2. The Morgan fingerprint density at radius 3 is 2.57 bits per heavy atom. The quantitative estimate of drug-likeness (QED) is 0.642. The summed E-state index contributed by atoms with van der Waals surface area (Å²) in [6, 6.07) is 3.91. The van der Waals surface area contributed by atoms with Gasteiger partial charge in [-0.25, -0.2) is 8.42 Å². The highest BCUT2D eigenvalue weighted by molar-refractivity contribution is 7.89. The average Bonchev–Trinajstić information content (AvgIpc) is 2.36. The van der Waals surface area contributed by atoms with Crippen LogP contribution in [0.25, 0.3) is 0 Å². The number of anilines is 1. The first-order chi connectivity index (χ1) is 9.87. The highest BCUT2D eigenvalue weighted by Gasteiger charge is 2.32. The fraction of sp³-hybridized carbons (Fsp3) is 0.538. The minimum absolute atomic E-state index is 0.0350. The van der Waals surface area contributed by atoms with Crippen molar-refractivity contribution in [2.45, 2.75) is 37.1 Å². The van der Waals surface area contributed by atoms with Gasteiger partial charge in [0.2, 0.25) is 10.0 Å². The lowest BCUT2D eigenvalue weighted by atomic mass is 9.94. The number of benzene rings is 1. The molecule has 0 saturated heterocycles. The normalized spacial score (nSPS) is 15.8. The topological polar surface area (TPSA) is 92.6 Å². The van der Waals surface area contributed by atoms with Crippen LogP contribution in [0.4, 0.5) is 11.4 Å². The number of nitro benzene ring substituents is 1. The summed E-state index contributed by atoms with van der Waals surface area (Å²) < 4.78 is 26.4. The Balaban J connectivity index is 2.39. The monoisotopic (exact) mass is 313 g/mol. The van der Waals surface area contributed by atoms with Crippen LogP contribution in [0.2, 0.25) is 0 Å². The van der Waals surface area contributed by atoms with E-state index in [1.807, 2.05) is 0 Å². The Hall–Kier alpha value is -1.67. The van der Waals surface area contributed by atoms with Gasteiger partial charge in [0.25, 0.3) is 5.69 Å². The van der Waals surface area contributed by atoms with Crippen LogP contribution in [0.1, 0.15) is 26.2 Å². The van der Waals surface area contributed by atoms with Gasteiger partial charge >= 0.3 is 0 Å². The molecule has 1 aromatic carbocycles. The standard InChI is InChI=1S/C13H19N3O4S/c1-3-14-12-9-11(7-8-13(12)16(17)18)21(19,20)15(2)10-5-4-6-10/h7-10,14H,3-6H2,1-2H3. The van der Waals surface area contributed by atoms with E-state index >= 15 is 0 Å². The van der Waals surface area contributed by atoms with Crippen molar-refractivity contribution >= 4 is 21.4 Å². The molecule has 0 amide bonds. The van der Waals surface area contributed by atoms with Gasteiger partial charge in [0.05, 0.1) is 9.82 Å². The number of rotatable bonds is 6. The molecule has 0 aliphatic heterocycles. The van der Waals surface area contributed by atoms with Gasteiger partial charge in [-0.2, -0.15) is 4.31 Å². The lowest BCUT2D eigenvalue weighted by Gasteiger charge is -2.33. The maximum absolute atomic E-state index is 12.5. The van der Waals surface area contributed by atoms with Crippen LogP contribution in [-0.2, 0) is 10.0 Å². The first-order valence-corrected chi connectivity index (χ1v) is 8.32. The van der Waals surface area contributed by atoms with E-state index in [1.165, 1.54) is 22.5 Å². The van der Waals surface area contributed by atoms with Gasteiger partial charge in [-0.05, 0) is 31.9 Å². The van der Waals surface area contributed by atoms with Gasteiger partial charge in [-0.1, -0.05) is 6.42 Å². The van der Waals surface area contributed by atoms with Crippen molar-refractivity contribution in [1.29, 1.82) is 0 Å². The van der Waals surface area contributed by atoms with E-state index in [9.17, 15) is 18.5 Å². The van der Waals surface area contributed by atoms with Gasteiger partial charge in [-0.15, -0.1) is 0 Å². The van der Waals surface area contributed by atoms with E-state index in [2.05, 4.69) is 5.32 Å². The first kappa shape index (κ1) is 15.7. The lowest BCUT2D eigenvalue weighted by molar-refractivity contribution is -0.384. The van der Waals surface area contributed by atoms with Crippen LogP contribution in [0, 0.1) is 10.1 Å². The minimum atomic E-state index is -3.61. The molecule has 1 N–H and O–H groups in total. The van der Waals surface area contributed by atoms with Crippen molar-refractivity contribution in [3.05, 3.63) is 28.3 Å². The predicted octanol–water partition coefficient (Wildman–Crippen LogP) is 2.20. The molecule has 1 aliphatic carbocycles. The second kappa shape index (κ2) is 5.98. The van der Waals surface area contributed by atoms with Crippen molar-refractivity contribution in [3.8, 4) is 0 Å². The summed E-state index contributed by atoms with van der Waals surface area (Å²) in [6.07, 6.45) is 2.76. The molecule has 8 heteroatoms. The molecule has 0 radical (unpaired) electrons. The third-order valence-corrected chi connectivity index (χ3v) is 5.70. The molecule has 1 aromatic rings. The molecule has 0 spiro atoms. The van der Waals surface area contributed by atoms with E-state index in [0.29, 0.717) is 6.54 Å². The molecule has 21 heavy (non-hydrogen) atoms. The van der Waals surface area contributed by atoms with Gasteiger partial charge in [-0.3, -0.25) is 10.1 Å². The molecule has 0 aromatic heterocycles. The third kappa shape index (κ3) is 3.01. The van der Waals surface area contributed by atoms with Crippen LogP contribution in [0.15, 0.2) is 23.1 Å². The summed E-state index contributed by atoms with van der Waals surface area (Å²) in [5.74, 6) is 0. The Morgan fingerprint density at radius 1 is 1.43 bits per heavy atom. The maximum atomic E-state index is 12.5. The zero-order chi connectivity index (χ0) is 15.6. The second-order valence-corrected chi connectivity index (χ2v) is 7.07. The SMILES string of the molecule is CCNc1cc(S(=O)(=O)N(C)C2CCC2)ccc1[N+](=O)[O-]. The third-order valence-electron chi connectivity index (χ3n) is 3.80. The summed E-state index contributed by atoms with van der Waals surface area (Å²) in [6.45, 7) is 2.27. The molecule has 1 aliphatic rings. The fourth-order valence-corrected chi connectivity index (χ4v) is 3.72. The fourth-order valence-electron chi connectivity index (χ4n) is 2.28. The van der Waals surface area contributed by atoms with Crippen LogP contribution < -0.4 is 5.32 Å². The molecule has 1 saturated carbocycles. The van der Waals surface area contributed by atoms with Crippen LogP contribution in [0.5, 0.6) is 0 Å². The molecule has 0 unspecified atom stereocenters. The lowest BCUT2D eigenvalue weighted by Crippen LogP contribution is -2.41. The highest BCUT2D eigenvalue weighted by Crippen LogP contribution is 2.32. The van der Waals surface area contributed by atoms with Gasteiger partial charge < -0.3 is 5.32 Å². The Bertz CT molecular complexity index is 641. The Morgan fingerprint density at radius 2 is 2.10 bits per heavy atom. The summed E-state index contributed by atoms with van der Waals surface area (Å²) in [5.41, 5.74) is 0.104. The molecule has 1 fully saturated rings. The number of hydrogen-bond acceptors (Lipinski definition) is 5. The number of nitrogens with one attached hydrogen (secondary N) is 1. The van der Waals surface area contributed by atoms with Crippen molar-refractivity contribution in [2.24, 2.45) is 0 Å². The van der Waals surface area contributed by atoms with Crippen molar-refractivity contribution < 1.29 is 13.3 Å². The molecular formula is C13H19N3O4S. The minimum Gasteiger partial charge on any atom is -0.380 e.